The highest BCUT2D eigenvalue weighted by molar-refractivity contribution is 5.98. The molecule has 1 atom stereocenters. The Balaban J connectivity index is 1.67. The monoisotopic (exact) mass is 482 g/mol. The molecule has 4 rings (SSSR count). The normalized spacial score (nSPS) is 18.6. The maximum Gasteiger partial charge on any atom is 0.411 e. The first-order chi connectivity index (χ1) is 16.4. The first kappa shape index (κ1) is 25.2. The third kappa shape index (κ3) is 5.20. The number of anilines is 1. The van der Waals surface area contributed by atoms with Crippen molar-refractivity contribution in [3.8, 4) is 0 Å². The molecule has 1 heterocycles. The van der Waals surface area contributed by atoms with Gasteiger partial charge in [-0.2, -0.15) is 0 Å². The van der Waals surface area contributed by atoms with Crippen molar-refractivity contribution in [1.82, 2.24) is 4.90 Å². The van der Waals surface area contributed by atoms with Gasteiger partial charge in [-0.3, -0.25) is 9.69 Å². The summed E-state index contributed by atoms with van der Waals surface area (Å²) >= 11 is 0. The quantitative estimate of drug-likeness (QED) is 0.610. The van der Waals surface area contributed by atoms with Crippen LogP contribution in [-0.4, -0.2) is 36.2 Å². The molecule has 7 heteroatoms. The van der Waals surface area contributed by atoms with Crippen molar-refractivity contribution in [3.63, 3.8) is 0 Å². The van der Waals surface area contributed by atoms with Gasteiger partial charge in [-0.05, 0) is 85.4 Å². The van der Waals surface area contributed by atoms with Gasteiger partial charge in [0.1, 0.15) is 17.5 Å². The second-order valence-electron chi connectivity index (χ2n) is 11.2. The van der Waals surface area contributed by atoms with Crippen LogP contribution in [0.25, 0.3) is 0 Å². The zero-order valence-corrected chi connectivity index (χ0v) is 21.5. The highest BCUT2D eigenvalue weighted by atomic mass is 19.1. The molecule has 0 unspecified atom stereocenters. The van der Waals surface area contributed by atoms with E-state index in [1.165, 1.54) is 11.0 Å². The highest BCUT2D eigenvalue weighted by Crippen LogP contribution is 2.41. The van der Waals surface area contributed by atoms with Crippen molar-refractivity contribution in [2.24, 2.45) is 0 Å². The van der Waals surface area contributed by atoms with E-state index >= 15 is 4.39 Å². The Kier molecular flexibility index (Phi) is 6.66. The van der Waals surface area contributed by atoms with E-state index in [9.17, 15) is 9.59 Å². The van der Waals surface area contributed by atoms with Crippen LogP contribution in [0.2, 0.25) is 0 Å². The van der Waals surface area contributed by atoms with Gasteiger partial charge < -0.3 is 14.8 Å². The number of ether oxygens (including phenoxy) is 2. The van der Waals surface area contributed by atoms with Crippen LogP contribution in [0.4, 0.5) is 14.9 Å². The van der Waals surface area contributed by atoms with Crippen molar-refractivity contribution in [3.05, 3.63) is 64.0 Å². The van der Waals surface area contributed by atoms with Crippen LogP contribution in [0.15, 0.2) is 30.3 Å². The second kappa shape index (κ2) is 9.26. The fourth-order valence-corrected chi connectivity index (χ4v) is 5.21. The number of hydrogen-bond donors (Lipinski definition) is 1. The number of aryl methyl sites for hydroxylation is 1. The molecule has 0 fully saturated rings. The molecule has 1 N–H and O–H groups in total. The smallest absolute Gasteiger partial charge is 0.411 e. The number of carbonyl (C=O) groups excluding carboxylic acids is 2. The van der Waals surface area contributed by atoms with Crippen molar-refractivity contribution >= 4 is 17.7 Å². The Morgan fingerprint density at radius 3 is 2.57 bits per heavy atom. The molecular formula is C28H35FN2O4. The predicted octanol–water partition coefficient (Wildman–Crippen LogP) is 5.67. The summed E-state index contributed by atoms with van der Waals surface area (Å²) in [5.41, 5.74) is 3.84. The number of fused-ring (bicyclic) bond motifs is 2. The number of benzene rings is 2. The molecule has 0 saturated carbocycles. The minimum atomic E-state index is -0.891. The van der Waals surface area contributed by atoms with Gasteiger partial charge in [-0.25, -0.2) is 9.18 Å². The van der Waals surface area contributed by atoms with Crippen LogP contribution in [0, 0.1) is 5.82 Å². The number of carbonyl (C=O) groups is 2. The average molecular weight is 483 g/mol. The Hall–Kier alpha value is -2.93. The lowest BCUT2D eigenvalue weighted by Crippen LogP contribution is -2.47. The number of halogens is 1. The Bertz CT molecular complexity index is 1150. The highest BCUT2D eigenvalue weighted by Gasteiger charge is 2.39. The van der Waals surface area contributed by atoms with Crippen LogP contribution in [0.5, 0.6) is 0 Å². The first-order valence-corrected chi connectivity index (χ1v) is 12.1. The fourth-order valence-electron chi connectivity index (χ4n) is 5.21. The van der Waals surface area contributed by atoms with Crippen LogP contribution < -0.4 is 5.32 Å². The number of amides is 2. The first-order valence-electron chi connectivity index (χ1n) is 12.1. The Labute approximate surface area is 206 Å². The molecule has 0 bridgehead atoms. The third-order valence-electron chi connectivity index (χ3n) is 6.76. The Morgan fingerprint density at radius 1 is 1.14 bits per heavy atom. The van der Waals surface area contributed by atoms with E-state index in [4.69, 9.17) is 9.47 Å². The SMILES string of the molecule is COCc1ccc2c(c1)CCN(C(=O)OC(C)(C)C)[C@H]2C(=O)Nc1cc(F)c2c(c1)CCC2(C)C. The summed E-state index contributed by atoms with van der Waals surface area (Å²) in [6.07, 6.45) is 1.68. The summed E-state index contributed by atoms with van der Waals surface area (Å²) < 4.78 is 25.9. The minimum Gasteiger partial charge on any atom is -0.444 e. The summed E-state index contributed by atoms with van der Waals surface area (Å²) in [6.45, 7) is 10.3. The molecule has 2 aliphatic rings. The molecular weight excluding hydrogens is 447 g/mol. The zero-order chi connectivity index (χ0) is 25.5. The van der Waals surface area contributed by atoms with Gasteiger partial charge in [0.25, 0.3) is 5.91 Å². The Morgan fingerprint density at radius 2 is 1.89 bits per heavy atom. The van der Waals surface area contributed by atoms with Crippen molar-refractivity contribution in [2.45, 2.75) is 77.5 Å². The fraction of sp³-hybridized carbons (Fsp3) is 0.500. The standard InChI is InChI=1S/C28H35FN2O4/c1-27(2,3)35-26(33)31-12-10-18-13-17(16-34-6)7-8-21(18)24(31)25(32)30-20-14-19-9-11-28(4,5)23(19)22(29)15-20/h7-8,13-15,24H,9-12,16H2,1-6H3,(H,30,32)/t24-/m1/s1. The zero-order valence-electron chi connectivity index (χ0n) is 21.5. The van der Waals surface area contributed by atoms with Crippen LogP contribution in [0.1, 0.15) is 74.9 Å². The van der Waals surface area contributed by atoms with E-state index in [1.807, 2.05) is 38.1 Å². The summed E-state index contributed by atoms with van der Waals surface area (Å²) in [4.78, 5) is 28.2. The minimum absolute atomic E-state index is 0.225. The van der Waals surface area contributed by atoms with E-state index in [0.717, 1.165) is 40.7 Å². The largest absolute Gasteiger partial charge is 0.444 e. The summed E-state index contributed by atoms with van der Waals surface area (Å²) in [6, 6.07) is 8.14. The lowest BCUT2D eigenvalue weighted by molar-refractivity contribution is -0.121. The van der Waals surface area contributed by atoms with Gasteiger partial charge >= 0.3 is 6.09 Å². The molecule has 1 aliphatic heterocycles. The van der Waals surface area contributed by atoms with Gasteiger partial charge in [-0.1, -0.05) is 32.0 Å². The predicted molar refractivity (Wildman–Crippen MR) is 133 cm³/mol. The number of rotatable bonds is 4. The molecule has 0 spiro atoms. The van der Waals surface area contributed by atoms with E-state index in [-0.39, 0.29) is 11.2 Å². The van der Waals surface area contributed by atoms with Crippen molar-refractivity contribution in [2.75, 3.05) is 19.0 Å². The molecule has 6 nitrogen and oxygen atoms in total. The maximum absolute atomic E-state index is 15.0. The van der Waals surface area contributed by atoms with Gasteiger partial charge in [0, 0.05) is 19.3 Å². The van der Waals surface area contributed by atoms with Gasteiger partial charge in [0.05, 0.1) is 6.61 Å². The molecule has 0 saturated heterocycles. The molecule has 2 amide bonds. The number of nitrogens with zero attached hydrogens (tertiary/aromatic N) is 1. The molecule has 35 heavy (non-hydrogen) atoms. The van der Waals surface area contributed by atoms with Gasteiger partial charge in [0.15, 0.2) is 0 Å². The lowest BCUT2D eigenvalue weighted by Gasteiger charge is -2.37. The lowest BCUT2D eigenvalue weighted by atomic mass is 9.86. The third-order valence-corrected chi connectivity index (χ3v) is 6.76. The number of hydrogen-bond acceptors (Lipinski definition) is 4. The second-order valence-corrected chi connectivity index (χ2v) is 11.2. The summed E-state index contributed by atoms with van der Waals surface area (Å²) in [5, 5.41) is 2.88. The molecule has 1 aliphatic carbocycles. The van der Waals surface area contributed by atoms with Gasteiger partial charge in [-0.15, -0.1) is 0 Å². The van der Waals surface area contributed by atoms with Crippen molar-refractivity contribution in [1.29, 1.82) is 0 Å². The number of nitrogens with one attached hydrogen (secondary N) is 1. The topological polar surface area (TPSA) is 67.9 Å². The van der Waals surface area contributed by atoms with Crippen LogP contribution in [0.3, 0.4) is 0 Å². The molecule has 2 aromatic carbocycles. The maximum atomic E-state index is 15.0. The molecule has 0 radical (unpaired) electrons. The van der Waals surface area contributed by atoms with Crippen LogP contribution >= 0.6 is 0 Å². The summed E-state index contributed by atoms with van der Waals surface area (Å²) in [7, 11) is 1.64. The van der Waals surface area contributed by atoms with Crippen molar-refractivity contribution < 1.29 is 23.5 Å². The van der Waals surface area contributed by atoms with Crippen LogP contribution in [-0.2, 0) is 39.1 Å². The van der Waals surface area contributed by atoms with Gasteiger partial charge in [0.2, 0.25) is 0 Å². The molecule has 2 aromatic rings. The number of methoxy groups -OCH3 is 1. The van der Waals surface area contributed by atoms with E-state index in [1.54, 1.807) is 27.9 Å². The summed E-state index contributed by atoms with van der Waals surface area (Å²) in [5.74, 6) is -0.703. The van der Waals surface area contributed by atoms with E-state index in [2.05, 4.69) is 5.32 Å². The molecule has 0 aromatic heterocycles. The molecule has 188 valence electrons. The van der Waals surface area contributed by atoms with E-state index in [0.29, 0.717) is 25.3 Å². The average Bonchev–Trinajstić information content (AvgIpc) is 3.06. The van der Waals surface area contributed by atoms with E-state index < -0.39 is 23.6 Å².